The third-order valence-corrected chi connectivity index (χ3v) is 3.28. The fraction of sp³-hybridized carbons (Fsp3) is 1.00. The molecule has 0 unspecified atom stereocenters. The molecule has 1 saturated heterocycles. The van der Waals surface area contributed by atoms with Gasteiger partial charge in [-0.1, -0.05) is 25.7 Å². The molecule has 0 aromatic rings. The lowest BCUT2D eigenvalue weighted by Gasteiger charge is -2.42. The summed E-state index contributed by atoms with van der Waals surface area (Å²) in [5.74, 6) is 0. The molecule has 1 aliphatic carbocycles. The van der Waals surface area contributed by atoms with Crippen LogP contribution in [0.1, 0.15) is 38.5 Å². The summed E-state index contributed by atoms with van der Waals surface area (Å²) >= 11 is 0. The van der Waals surface area contributed by atoms with Crippen LogP contribution in [0.25, 0.3) is 0 Å². The zero-order valence-corrected chi connectivity index (χ0v) is 7.84. The van der Waals surface area contributed by atoms with Gasteiger partial charge in [-0.3, -0.25) is 4.90 Å². The summed E-state index contributed by atoms with van der Waals surface area (Å²) in [6.45, 7) is 2.31. The van der Waals surface area contributed by atoms with E-state index < -0.39 is 0 Å². The molecule has 0 radical (unpaired) electrons. The fourth-order valence-corrected chi connectivity index (χ4v) is 2.47. The summed E-state index contributed by atoms with van der Waals surface area (Å²) in [4.78, 5) is 2.58. The topological polar surface area (TPSA) is 29.3 Å². The van der Waals surface area contributed by atoms with Gasteiger partial charge in [0.05, 0.1) is 0 Å². The van der Waals surface area contributed by atoms with E-state index in [2.05, 4.69) is 4.90 Å². The highest BCUT2D eigenvalue weighted by atomic mass is 15.2. The van der Waals surface area contributed by atoms with Gasteiger partial charge in [0.15, 0.2) is 0 Å². The van der Waals surface area contributed by atoms with Gasteiger partial charge < -0.3 is 5.73 Å². The summed E-state index contributed by atoms with van der Waals surface area (Å²) < 4.78 is 0. The molecule has 2 N–H and O–H groups in total. The van der Waals surface area contributed by atoms with Gasteiger partial charge in [0, 0.05) is 25.2 Å². The summed E-state index contributed by atoms with van der Waals surface area (Å²) in [5.41, 5.74) is 5.77. The first-order valence-corrected chi connectivity index (χ1v) is 5.36. The minimum absolute atomic E-state index is 0.480. The smallest absolute Gasteiger partial charge is 0.0297 e. The van der Waals surface area contributed by atoms with Gasteiger partial charge in [-0.25, -0.2) is 0 Å². The second kappa shape index (κ2) is 3.75. The number of nitrogens with two attached hydrogens (primary N) is 1. The van der Waals surface area contributed by atoms with E-state index in [4.69, 9.17) is 5.73 Å². The average Bonchev–Trinajstić information content (AvgIpc) is 2.26. The maximum absolute atomic E-state index is 5.77. The van der Waals surface area contributed by atoms with E-state index in [1.54, 1.807) is 0 Å². The van der Waals surface area contributed by atoms with Gasteiger partial charge >= 0.3 is 0 Å². The van der Waals surface area contributed by atoms with Gasteiger partial charge in [0.1, 0.15) is 0 Å². The van der Waals surface area contributed by atoms with E-state index in [-0.39, 0.29) is 0 Å². The van der Waals surface area contributed by atoms with E-state index in [1.165, 1.54) is 38.5 Å². The molecular weight excluding hydrogens is 148 g/mol. The van der Waals surface area contributed by atoms with Crippen LogP contribution < -0.4 is 5.73 Å². The van der Waals surface area contributed by atoms with Crippen LogP contribution in [0.2, 0.25) is 0 Å². The SMILES string of the molecule is NC1CN(C2CCCCCC2)C1. The molecule has 70 valence electrons. The Morgan fingerprint density at radius 3 is 2.00 bits per heavy atom. The molecule has 2 rings (SSSR count). The standard InChI is InChI=1S/C10H20N2/c11-9-7-12(8-9)10-5-3-1-2-4-6-10/h9-10H,1-8,11H2. The molecule has 2 fully saturated rings. The Balaban J connectivity index is 1.78. The third kappa shape index (κ3) is 1.80. The Morgan fingerprint density at radius 2 is 1.50 bits per heavy atom. The van der Waals surface area contributed by atoms with Crippen molar-refractivity contribution in [3.8, 4) is 0 Å². The molecule has 12 heavy (non-hydrogen) atoms. The molecule has 0 aromatic carbocycles. The predicted molar refractivity (Wildman–Crippen MR) is 51.0 cm³/mol. The summed E-state index contributed by atoms with van der Waals surface area (Å²) in [7, 11) is 0. The van der Waals surface area contributed by atoms with E-state index >= 15 is 0 Å². The van der Waals surface area contributed by atoms with Crippen molar-refractivity contribution in [2.45, 2.75) is 50.6 Å². The van der Waals surface area contributed by atoms with Crippen LogP contribution in [0.4, 0.5) is 0 Å². The van der Waals surface area contributed by atoms with Gasteiger partial charge in [0.25, 0.3) is 0 Å². The molecule has 2 heteroatoms. The van der Waals surface area contributed by atoms with Crippen LogP contribution in [0.5, 0.6) is 0 Å². The highest BCUT2D eigenvalue weighted by Gasteiger charge is 2.29. The number of rotatable bonds is 1. The Bertz CT molecular complexity index is 133. The van der Waals surface area contributed by atoms with Crippen molar-refractivity contribution in [1.82, 2.24) is 4.90 Å². The van der Waals surface area contributed by atoms with Crippen molar-refractivity contribution in [2.24, 2.45) is 5.73 Å². The highest BCUT2D eigenvalue weighted by Crippen LogP contribution is 2.24. The lowest BCUT2D eigenvalue weighted by molar-refractivity contribution is 0.0846. The summed E-state index contributed by atoms with van der Waals surface area (Å²) in [6.07, 6.45) is 8.64. The molecule has 0 aromatic heterocycles. The fourth-order valence-electron chi connectivity index (χ4n) is 2.47. The van der Waals surface area contributed by atoms with Crippen LogP contribution in [0.15, 0.2) is 0 Å². The van der Waals surface area contributed by atoms with Crippen LogP contribution in [0.3, 0.4) is 0 Å². The highest BCUT2D eigenvalue weighted by molar-refractivity contribution is 4.88. The van der Waals surface area contributed by atoms with E-state index in [1.807, 2.05) is 0 Å². The van der Waals surface area contributed by atoms with Crippen LogP contribution >= 0.6 is 0 Å². The second-order valence-corrected chi connectivity index (χ2v) is 4.36. The van der Waals surface area contributed by atoms with Crippen molar-refractivity contribution in [3.05, 3.63) is 0 Å². The Kier molecular flexibility index (Phi) is 2.66. The van der Waals surface area contributed by atoms with Gasteiger partial charge in [-0.2, -0.15) is 0 Å². The van der Waals surface area contributed by atoms with Crippen molar-refractivity contribution in [2.75, 3.05) is 13.1 Å². The van der Waals surface area contributed by atoms with E-state index in [9.17, 15) is 0 Å². The molecule has 0 bridgehead atoms. The van der Waals surface area contributed by atoms with E-state index in [0.29, 0.717) is 6.04 Å². The Hall–Kier alpha value is -0.0800. The predicted octanol–water partition coefficient (Wildman–Crippen LogP) is 1.35. The molecule has 0 amide bonds. The minimum atomic E-state index is 0.480. The molecule has 1 aliphatic heterocycles. The third-order valence-electron chi connectivity index (χ3n) is 3.28. The van der Waals surface area contributed by atoms with Crippen molar-refractivity contribution in [1.29, 1.82) is 0 Å². The summed E-state index contributed by atoms with van der Waals surface area (Å²) in [5, 5.41) is 0. The van der Waals surface area contributed by atoms with Crippen molar-refractivity contribution >= 4 is 0 Å². The van der Waals surface area contributed by atoms with Crippen molar-refractivity contribution < 1.29 is 0 Å². The quantitative estimate of drug-likeness (QED) is 0.599. The normalized spacial score (nSPS) is 29.8. The van der Waals surface area contributed by atoms with E-state index in [0.717, 1.165) is 19.1 Å². The van der Waals surface area contributed by atoms with Crippen LogP contribution in [-0.2, 0) is 0 Å². The molecule has 2 nitrogen and oxygen atoms in total. The number of likely N-dealkylation sites (tertiary alicyclic amines) is 1. The zero-order valence-electron chi connectivity index (χ0n) is 7.84. The first kappa shape index (κ1) is 8.52. The molecule has 1 saturated carbocycles. The molecular formula is C10H20N2. The van der Waals surface area contributed by atoms with Crippen LogP contribution in [-0.4, -0.2) is 30.1 Å². The maximum Gasteiger partial charge on any atom is 0.0297 e. The lowest BCUT2D eigenvalue weighted by atomic mass is 10.0. The molecule has 2 aliphatic rings. The zero-order chi connectivity index (χ0) is 8.39. The number of nitrogens with zero attached hydrogens (tertiary/aromatic N) is 1. The van der Waals surface area contributed by atoms with Gasteiger partial charge in [0.2, 0.25) is 0 Å². The minimum Gasteiger partial charge on any atom is -0.325 e. The maximum atomic E-state index is 5.77. The first-order valence-electron chi connectivity index (χ1n) is 5.36. The Morgan fingerprint density at radius 1 is 0.917 bits per heavy atom. The largest absolute Gasteiger partial charge is 0.325 e. The first-order chi connectivity index (χ1) is 5.86. The van der Waals surface area contributed by atoms with Crippen LogP contribution in [0, 0.1) is 0 Å². The lowest BCUT2D eigenvalue weighted by Crippen LogP contribution is -2.59. The number of hydrogen-bond acceptors (Lipinski definition) is 2. The average molecular weight is 168 g/mol. The molecule has 1 heterocycles. The monoisotopic (exact) mass is 168 g/mol. The second-order valence-electron chi connectivity index (χ2n) is 4.36. The van der Waals surface area contributed by atoms with Crippen molar-refractivity contribution in [3.63, 3.8) is 0 Å². The van der Waals surface area contributed by atoms with Gasteiger partial charge in [-0.15, -0.1) is 0 Å². The molecule has 0 atom stereocenters. The summed E-state index contributed by atoms with van der Waals surface area (Å²) in [6, 6.07) is 1.36. The molecule has 0 spiro atoms. The Labute approximate surface area is 75.1 Å². The number of hydrogen-bond donors (Lipinski definition) is 1. The van der Waals surface area contributed by atoms with Gasteiger partial charge in [-0.05, 0) is 12.8 Å².